The van der Waals surface area contributed by atoms with E-state index in [1.807, 2.05) is 4.90 Å². The number of methoxy groups -OCH3 is 2. The van der Waals surface area contributed by atoms with Gasteiger partial charge in [0, 0.05) is 37.2 Å². The van der Waals surface area contributed by atoms with Crippen molar-refractivity contribution in [3.63, 3.8) is 0 Å². The first-order valence-corrected chi connectivity index (χ1v) is 9.66. The lowest BCUT2D eigenvalue weighted by molar-refractivity contribution is -0.393. The Morgan fingerprint density at radius 3 is 2.45 bits per heavy atom. The van der Waals surface area contributed by atoms with Crippen molar-refractivity contribution < 1.29 is 28.9 Å². The van der Waals surface area contributed by atoms with Gasteiger partial charge in [-0.15, -0.1) is 10.2 Å². The molecule has 0 saturated heterocycles. The van der Waals surface area contributed by atoms with Gasteiger partial charge in [0.25, 0.3) is 5.69 Å². The number of azo groups is 1. The predicted octanol–water partition coefficient (Wildman–Crippen LogP) is 3.88. The van der Waals surface area contributed by atoms with Gasteiger partial charge in [0.1, 0.15) is 11.4 Å². The number of non-ortho nitro benzene ring substituents is 1. The average Bonchev–Trinajstić information content (AvgIpc) is 2.81. The number of fused-ring (bicyclic) bond motifs is 1. The Bertz CT molecular complexity index is 1160. The number of Topliss-reactive ketones (excluding diaryl/α,β-unsaturated/α-hetero) is 1. The minimum Gasteiger partial charge on any atom is -0.494 e. The Labute approximate surface area is 186 Å². The van der Waals surface area contributed by atoms with E-state index in [9.17, 15) is 29.8 Å². The first-order chi connectivity index (χ1) is 15.7. The largest absolute Gasteiger partial charge is 0.494 e. The second kappa shape index (κ2) is 9.80. The Hall–Kier alpha value is -4.42. The van der Waals surface area contributed by atoms with Crippen LogP contribution in [0.3, 0.4) is 0 Å². The molecule has 13 heteroatoms. The maximum atomic E-state index is 12.5. The number of carbonyl (C=O) groups is 2. The number of ether oxygens (including phenoxy) is 2. The summed E-state index contributed by atoms with van der Waals surface area (Å²) in [6.07, 6.45) is 0.364. The first-order valence-electron chi connectivity index (χ1n) is 9.66. The Kier molecular flexibility index (Phi) is 6.91. The van der Waals surface area contributed by atoms with E-state index in [1.165, 1.54) is 20.3 Å². The third-order valence-corrected chi connectivity index (χ3v) is 4.99. The number of rotatable bonds is 8. The van der Waals surface area contributed by atoms with Crippen LogP contribution in [0.15, 0.2) is 40.6 Å². The molecule has 0 atom stereocenters. The van der Waals surface area contributed by atoms with Crippen LogP contribution in [-0.2, 0) is 9.53 Å². The molecule has 0 aliphatic carbocycles. The number of nitro groups is 2. The molecule has 0 bridgehead atoms. The molecular formula is C20H19N5O8. The van der Waals surface area contributed by atoms with Crippen LogP contribution >= 0.6 is 0 Å². The lowest BCUT2D eigenvalue weighted by Gasteiger charge is -2.30. The summed E-state index contributed by atoms with van der Waals surface area (Å²) in [5.74, 6) is -0.268. The number of nitro benzene ring substituents is 2. The highest BCUT2D eigenvalue weighted by Gasteiger charge is 2.26. The van der Waals surface area contributed by atoms with E-state index in [-0.39, 0.29) is 41.7 Å². The molecule has 0 amide bonds. The molecule has 2 aromatic rings. The van der Waals surface area contributed by atoms with E-state index in [0.29, 0.717) is 24.3 Å². The zero-order valence-corrected chi connectivity index (χ0v) is 17.7. The highest BCUT2D eigenvalue weighted by molar-refractivity contribution is 6.04. The summed E-state index contributed by atoms with van der Waals surface area (Å²) in [6.45, 7) is 0.758. The van der Waals surface area contributed by atoms with Gasteiger partial charge in [-0.05, 0) is 12.1 Å². The summed E-state index contributed by atoms with van der Waals surface area (Å²) in [5, 5.41) is 30.1. The standard InChI is InChI=1S/C20H19N5O8/c1-32-19-11-16-13(18(26)5-7-23(16)8-6-20(27)33-2)10-15(19)22-21-14-4-3-12(24(28)29)9-17(14)25(30)31/h3-4,9-11H,5-8H2,1-2H3/b22-21+. The van der Waals surface area contributed by atoms with Crippen LogP contribution in [0.5, 0.6) is 5.75 Å². The van der Waals surface area contributed by atoms with Crippen LogP contribution in [0.25, 0.3) is 0 Å². The third-order valence-electron chi connectivity index (χ3n) is 4.99. The van der Waals surface area contributed by atoms with Crippen LogP contribution in [0, 0.1) is 20.2 Å². The van der Waals surface area contributed by atoms with Gasteiger partial charge in [0.05, 0.1) is 42.2 Å². The van der Waals surface area contributed by atoms with E-state index < -0.39 is 21.2 Å². The van der Waals surface area contributed by atoms with Gasteiger partial charge in [-0.2, -0.15) is 0 Å². The predicted molar refractivity (Wildman–Crippen MR) is 115 cm³/mol. The van der Waals surface area contributed by atoms with E-state index in [1.54, 1.807) is 6.07 Å². The van der Waals surface area contributed by atoms with Crippen LogP contribution in [-0.4, -0.2) is 48.9 Å². The van der Waals surface area contributed by atoms with E-state index in [0.717, 1.165) is 18.2 Å². The molecule has 3 rings (SSSR count). The molecule has 1 aliphatic rings. The third kappa shape index (κ3) is 5.08. The number of benzene rings is 2. The van der Waals surface area contributed by atoms with E-state index >= 15 is 0 Å². The second-order valence-electron chi connectivity index (χ2n) is 6.91. The van der Waals surface area contributed by atoms with Crippen LogP contribution < -0.4 is 9.64 Å². The van der Waals surface area contributed by atoms with Crippen molar-refractivity contribution in [2.75, 3.05) is 32.2 Å². The molecule has 0 unspecified atom stereocenters. The van der Waals surface area contributed by atoms with Crippen molar-refractivity contribution in [1.29, 1.82) is 0 Å². The number of hydrogen-bond donors (Lipinski definition) is 0. The number of ketones is 1. The lowest BCUT2D eigenvalue weighted by atomic mass is 9.99. The van der Waals surface area contributed by atoms with Gasteiger partial charge in [-0.25, -0.2) is 0 Å². The van der Waals surface area contributed by atoms with Crippen molar-refractivity contribution in [3.8, 4) is 5.75 Å². The first kappa shape index (κ1) is 23.2. The van der Waals surface area contributed by atoms with Gasteiger partial charge in [-0.3, -0.25) is 29.8 Å². The minimum absolute atomic E-state index is 0.137. The Morgan fingerprint density at radius 2 is 1.82 bits per heavy atom. The summed E-state index contributed by atoms with van der Waals surface area (Å²) in [7, 11) is 2.68. The molecule has 0 N–H and O–H groups in total. The number of nitrogens with zero attached hydrogens (tertiary/aromatic N) is 5. The average molecular weight is 457 g/mol. The summed E-state index contributed by atoms with van der Waals surface area (Å²) in [4.78, 5) is 46.5. The van der Waals surface area contributed by atoms with Crippen LogP contribution in [0.4, 0.5) is 28.4 Å². The highest BCUT2D eigenvalue weighted by Crippen LogP contribution is 2.40. The molecule has 1 heterocycles. The number of esters is 1. The molecule has 13 nitrogen and oxygen atoms in total. The topological polar surface area (TPSA) is 167 Å². The Morgan fingerprint density at radius 1 is 1.09 bits per heavy atom. The quantitative estimate of drug-likeness (QED) is 0.247. The maximum Gasteiger partial charge on any atom is 0.307 e. The van der Waals surface area contributed by atoms with Crippen molar-refractivity contribution in [1.82, 2.24) is 0 Å². The molecule has 2 aromatic carbocycles. The van der Waals surface area contributed by atoms with Gasteiger partial charge in [-0.1, -0.05) is 0 Å². The number of carbonyl (C=O) groups excluding carboxylic acids is 2. The zero-order valence-electron chi connectivity index (χ0n) is 17.7. The van der Waals surface area contributed by atoms with Crippen molar-refractivity contribution in [2.24, 2.45) is 10.2 Å². The molecule has 0 spiro atoms. The monoisotopic (exact) mass is 457 g/mol. The summed E-state index contributed by atoms with van der Waals surface area (Å²) in [6, 6.07) is 6.03. The maximum absolute atomic E-state index is 12.5. The summed E-state index contributed by atoms with van der Waals surface area (Å²) < 4.78 is 10.0. The van der Waals surface area contributed by atoms with Crippen LogP contribution in [0.2, 0.25) is 0 Å². The van der Waals surface area contributed by atoms with Gasteiger partial charge in [0.2, 0.25) is 0 Å². The number of anilines is 1. The Balaban J connectivity index is 1.98. The molecular weight excluding hydrogens is 438 g/mol. The lowest BCUT2D eigenvalue weighted by Crippen LogP contribution is -2.34. The molecule has 0 aromatic heterocycles. The fourth-order valence-electron chi connectivity index (χ4n) is 3.30. The molecule has 1 aliphatic heterocycles. The molecule has 33 heavy (non-hydrogen) atoms. The van der Waals surface area contributed by atoms with E-state index in [4.69, 9.17) is 4.74 Å². The van der Waals surface area contributed by atoms with Gasteiger partial charge in [0.15, 0.2) is 11.5 Å². The van der Waals surface area contributed by atoms with Crippen molar-refractivity contribution in [2.45, 2.75) is 12.8 Å². The second-order valence-corrected chi connectivity index (χ2v) is 6.91. The zero-order chi connectivity index (χ0) is 24.1. The summed E-state index contributed by atoms with van der Waals surface area (Å²) >= 11 is 0. The number of hydrogen-bond acceptors (Lipinski definition) is 11. The highest BCUT2D eigenvalue weighted by atomic mass is 16.6. The molecule has 172 valence electrons. The fraction of sp³-hybridized carbons (Fsp3) is 0.300. The SMILES string of the molecule is COC(=O)CCN1CCC(=O)c2cc(/N=N/c3ccc([N+](=O)[O-])cc3[N+](=O)[O-])c(OC)cc21. The van der Waals surface area contributed by atoms with E-state index in [2.05, 4.69) is 15.0 Å². The molecule has 0 radical (unpaired) electrons. The van der Waals surface area contributed by atoms with Crippen LogP contribution in [0.1, 0.15) is 23.2 Å². The molecule has 0 saturated carbocycles. The van der Waals surface area contributed by atoms with Crippen molar-refractivity contribution >= 4 is 40.2 Å². The van der Waals surface area contributed by atoms with Gasteiger partial charge >= 0.3 is 11.7 Å². The summed E-state index contributed by atoms with van der Waals surface area (Å²) in [5.41, 5.74) is -0.186. The molecule has 0 fully saturated rings. The smallest absolute Gasteiger partial charge is 0.307 e. The van der Waals surface area contributed by atoms with Gasteiger partial charge < -0.3 is 14.4 Å². The minimum atomic E-state index is -0.797. The normalized spacial score (nSPS) is 13.0. The fourth-order valence-corrected chi connectivity index (χ4v) is 3.30. The van der Waals surface area contributed by atoms with Crippen molar-refractivity contribution in [3.05, 3.63) is 56.1 Å².